The topological polar surface area (TPSA) is 120 Å². The zero-order valence-corrected chi connectivity index (χ0v) is 25.4. The minimum absolute atomic E-state index is 0.00750. The Morgan fingerprint density at radius 1 is 1.02 bits per heavy atom. The van der Waals surface area contributed by atoms with Crippen LogP contribution in [0.5, 0.6) is 11.5 Å². The number of thioether (sulfide) groups is 1. The van der Waals surface area contributed by atoms with Crippen molar-refractivity contribution in [1.82, 2.24) is 20.2 Å². The highest BCUT2D eigenvalue weighted by atomic mass is 32.2. The fourth-order valence-corrected chi connectivity index (χ4v) is 5.26. The molecule has 0 radical (unpaired) electrons. The van der Waals surface area contributed by atoms with E-state index in [1.165, 1.54) is 60.6 Å². The van der Waals surface area contributed by atoms with Crippen LogP contribution >= 0.6 is 11.8 Å². The second-order valence-electron chi connectivity index (χ2n) is 10.1. The lowest BCUT2D eigenvalue weighted by molar-refractivity contribution is -0.274. The predicted octanol–water partition coefficient (Wildman–Crippen LogP) is 6.32. The van der Waals surface area contributed by atoms with Crippen molar-refractivity contribution in [1.29, 1.82) is 0 Å². The largest absolute Gasteiger partial charge is 0.573 e. The van der Waals surface area contributed by atoms with Gasteiger partial charge in [-0.1, -0.05) is 42.1 Å². The number of nitrogens with zero attached hydrogens (tertiary/aromatic N) is 5. The maximum Gasteiger partial charge on any atom is 0.573 e. The van der Waals surface area contributed by atoms with E-state index in [9.17, 15) is 31.5 Å². The Morgan fingerprint density at radius 3 is 2.38 bits per heavy atom. The monoisotopic (exact) mass is 676 g/mol. The number of alkyl halides is 5. The van der Waals surface area contributed by atoms with Crippen molar-refractivity contribution in [2.75, 3.05) is 17.8 Å². The third-order valence-electron chi connectivity index (χ3n) is 6.43. The van der Waals surface area contributed by atoms with Crippen LogP contribution < -0.4 is 19.9 Å². The summed E-state index contributed by atoms with van der Waals surface area (Å²) in [6.07, 6.45) is -4.02. The molecule has 1 fully saturated rings. The number of aromatic nitrogens is 3. The Hall–Kier alpha value is -5.03. The standard InChI is InChI=1S/C30H25F5N6O5S/c1-29(31,32)14-20-7-10-23(44-2)13-24(20)41-25(42)16-47-28(41)37-27(43)39-45-15-18-3-5-19(6-4-18)26-36-17-40(38-26)21-8-11-22(12-9-21)46-30(33,34)35/h3-13,17H,14-16H2,1-2H3,(H,39,43)/b37-28-. The van der Waals surface area contributed by atoms with Crippen molar-refractivity contribution in [3.05, 3.63) is 84.2 Å². The average molecular weight is 677 g/mol. The molecule has 2 heterocycles. The summed E-state index contributed by atoms with van der Waals surface area (Å²) in [6, 6.07) is 15.5. The third-order valence-corrected chi connectivity index (χ3v) is 7.36. The van der Waals surface area contributed by atoms with E-state index in [2.05, 4.69) is 25.3 Å². The first-order chi connectivity index (χ1) is 22.3. The number of benzene rings is 3. The van der Waals surface area contributed by atoms with E-state index in [4.69, 9.17) is 9.57 Å². The Kier molecular flexibility index (Phi) is 9.76. The normalized spacial score (nSPS) is 14.5. The van der Waals surface area contributed by atoms with Gasteiger partial charge < -0.3 is 9.47 Å². The van der Waals surface area contributed by atoms with E-state index in [1.807, 2.05) is 0 Å². The molecule has 0 aliphatic carbocycles. The highest BCUT2D eigenvalue weighted by molar-refractivity contribution is 8.15. The van der Waals surface area contributed by atoms with Gasteiger partial charge >= 0.3 is 12.4 Å². The molecule has 1 aliphatic rings. The summed E-state index contributed by atoms with van der Waals surface area (Å²) in [5.41, 5.74) is 4.27. The minimum Gasteiger partial charge on any atom is -0.497 e. The molecule has 3 aromatic carbocycles. The van der Waals surface area contributed by atoms with Gasteiger partial charge in [-0.25, -0.2) is 28.7 Å². The summed E-state index contributed by atoms with van der Waals surface area (Å²) in [5, 5.41) is 4.34. The summed E-state index contributed by atoms with van der Waals surface area (Å²) >= 11 is 0.975. The summed E-state index contributed by atoms with van der Waals surface area (Å²) in [7, 11) is 1.40. The number of aliphatic imine (C=N–C) groups is 1. The average Bonchev–Trinajstić information content (AvgIpc) is 3.64. The molecule has 246 valence electrons. The molecule has 0 atom stereocenters. The molecule has 5 rings (SSSR count). The van der Waals surface area contributed by atoms with Crippen LogP contribution in [-0.2, 0) is 22.7 Å². The molecular formula is C30H25F5N6O5S. The smallest absolute Gasteiger partial charge is 0.497 e. The summed E-state index contributed by atoms with van der Waals surface area (Å²) in [5.74, 6) is -3.21. The number of carbonyl (C=O) groups excluding carboxylic acids is 2. The Balaban J connectivity index is 1.19. The van der Waals surface area contributed by atoms with Gasteiger partial charge in [0.05, 0.1) is 30.8 Å². The molecule has 1 aliphatic heterocycles. The Bertz CT molecular complexity index is 1780. The van der Waals surface area contributed by atoms with E-state index in [-0.39, 0.29) is 34.5 Å². The lowest BCUT2D eigenvalue weighted by Gasteiger charge is -2.22. The molecule has 4 aromatic rings. The van der Waals surface area contributed by atoms with Gasteiger partial charge in [0.2, 0.25) is 11.8 Å². The molecule has 11 nitrogen and oxygen atoms in total. The number of anilines is 1. The van der Waals surface area contributed by atoms with Gasteiger partial charge in [0.25, 0.3) is 0 Å². The molecule has 3 amide bonds. The molecule has 0 saturated carbocycles. The van der Waals surface area contributed by atoms with Crippen LogP contribution in [0.15, 0.2) is 78.0 Å². The molecular weight excluding hydrogens is 651 g/mol. The van der Waals surface area contributed by atoms with Crippen LogP contribution in [0.1, 0.15) is 18.1 Å². The van der Waals surface area contributed by atoms with Gasteiger partial charge in [-0.15, -0.1) is 18.3 Å². The third kappa shape index (κ3) is 8.82. The number of amides is 3. The fraction of sp³-hybridized carbons (Fsp3) is 0.233. The maximum atomic E-state index is 13.9. The zero-order chi connectivity index (χ0) is 33.8. The summed E-state index contributed by atoms with van der Waals surface area (Å²) in [6.45, 7) is 0.720. The number of halogens is 5. The van der Waals surface area contributed by atoms with Crippen molar-refractivity contribution >= 4 is 34.6 Å². The van der Waals surface area contributed by atoms with Crippen molar-refractivity contribution in [3.8, 4) is 28.6 Å². The predicted molar refractivity (Wildman–Crippen MR) is 161 cm³/mol. The van der Waals surface area contributed by atoms with E-state index in [1.54, 1.807) is 24.3 Å². The van der Waals surface area contributed by atoms with Gasteiger partial charge in [-0.05, 0) is 48.4 Å². The van der Waals surface area contributed by atoms with Crippen molar-refractivity contribution in [2.45, 2.75) is 32.2 Å². The highest BCUT2D eigenvalue weighted by Gasteiger charge is 2.34. The van der Waals surface area contributed by atoms with Gasteiger partial charge in [0, 0.05) is 18.1 Å². The van der Waals surface area contributed by atoms with E-state index >= 15 is 0 Å². The number of urea groups is 1. The van der Waals surface area contributed by atoms with Gasteiger partial charge in [-0.2, -0.15) is 4.99 Å². The lowest BCUT2D eigenvalue weighted by atomic mass is 10.0. The molecule has 17 heteroatoms. The quantitative estimate of drug-likeness (QED) is 0.153. The first kappa shape index (κ1) is 33.3. The van der Waals surface area contributed by atoms with E-state index in [0.717, 1.165) is 23.6 Å². The fourth-order valence-electron chi connectivity index (χ4n) is 4.41. The SMILES string of the molecule is COc1ccc(CC(C)(F)F)c(N2C(=O)CS/C2=N\C(=O)NOCc2ccc(-c3ncn(-c4ccc(OC(F)(F)F)cc4)n3)cc2)c1. The van der Waals surface area contributed by atoms with Crippen LogP contribution in [0.2, 0.25) is 0 Å². The summed E-state index contributed by atoms with van der Waals surface area (Å²) < 4.78 is 75.4. The molecule has 1 saturated heterocycles. The number of nitrogens with one attached hydrogen (secondary N) is 1. The number of hydroxylamine groups is 1. The Morgan fingerprint density at radius 2 is 1.72 bits per heavy atom. The molecule has 0 bridgehead atoms. The van der Waals surface area contributed by atoms with Crippen LogP contribution in [0.25, 0.3) is 17.1 Å². The number of carbonyl (C=O) groups is 2. The Labute approximate surface area is 268 Å². The number of methoxy groups -OCH3 is 1. The van der Waals surface area contributed by atoms with Crippen LogP contribution in [0.4, 0.5) is 32.4 Å². The molecule has 1 aromatic heterocycles. The highest BCUT2D eigenvalue weighted by Crippen LogP contribution is 2.35. The molecule has 0 spiro atoms. The number of rotatable bonds is 10. The second kappa shape index (κ2) is 13.8. The molecule has 47 heavy (non-hydrogen) atoms. The maximum absolute atomic E-state index is 13.9. The zero-order valence-electron chi connectivity index (χ0n) is 24.6. The first-order valence-electron chi connectivity index (χ1n) is 13.7. The van der Waals surface area contributed by atoms with Crippen molar-refractivity contribution in [3.63, 3.8) is 0 Å². The van der Waals surface area contributed by atoms with E-state index in [0.29, 0.717) is 28.4 Å². The second-order valence-corrected chi connectivity index (χ2v) is 11.0. The van der Waals surface area contributed by atoms with Crippen LogP contribution in [0, 0.1) is 0 Å². The van der Waals surface area contributed by atoms with Crippen LogP contribution in [0.3, 0.4) is 0 Å². The number of amidine groups is 1. The van der Waals surface area contributed by atoms with Crippen LogP contribution in [-0.4, -0.2) is 57.0 Å². The van der Waals surface area contributed by atoms with Gasteiger partial charge in [0.15, 0.2) is 11.0 Å². The van der Waals surface area contributed by atoms with Gasteiger partial charge in [0.1, 0.15) is 17.8 Å². The first-order valence-corrected chi connectivity index (χ1v) is 14.6. The lowest BCUT2D eigenvalue weighted by Crippen LogP contribution is -2.32. The summed E-state index contributed by atoms with van der Waals surface area (Å²) in [4.78, 5) is 39.8. The van der Waals surface area contributed by atoms with E-state index < -0.39 is 30.6 Å². The minimum atomic E-state index is -4.79. The molecule has 0 unspecified atom stereocenters. The number of ether oxygens (including phenoxy) is 2. The van der Waals surface area contributed by atoms with Crippen molar-refractivity contribution in [2.24, 2.45) is 4.99 Å². The number of hydrogen-bond donors (Lipinski definition) is 1. The number of hydrogen-bond acceptors (Lipinski definition) is 8. The molecule has 1 N–H and O–H groups in total. The van der Waals surface area contributed by atoms with Gasteiger partial charge in [-0.3, -0.25) is 14.5 Å². The van der Waals surface area contributed by atoms with Crippen molar-refractivity contribution < 1.29 is 45.9 Å².